The Bertz CT molecular complexity index is 464. The number of halogens is 1. The molecule has 80 valence electrons. The maximum absolute atomic E-state index is 6.21. The average Bonchev–Trinajstić information content (AvgIpc) is 2.65. The van der Waals surface area contributed by atoms with Crippen molar-refractivity contribution in [2.24, 2.45) is 5.73 Å². The predicted molar refractivity (Wildman–Crippen MR) is 63.3 cm³/mol. The van der Waals surface area contributed by atoms with E-state index in [0.29, 0.717) is 12.5 Å². The Hall–Kier alpha value is -0.990. The van der Waals surface area contributed by atoms with Gasteiger partial charge in [-0.05, 0) is 42.6 Å². The Labute approximate surface area is 94.0 Å². The summed E-state index contributed by atoms with van der Waals surface area (Å²) in [7, 11) is 0. The van der Waals surface area contributed by atoms with Crippen LogP contribution in [-0.2, 0) is 0 Å². The zero-order chi connectivity index (χ0) is 10.8. The Morgan fingerprint density at radius 2 is 2.20 bits per heavy atom. The molecule has 1 unspecified atom stereocenters. The van der Waals surface area contributed by atoms with Crippen molar-refractivity contribution in [1.29, 1.82) is 0 Å². The Morgan fingerprint density at radius 3 is 2.93 bits per heavy atom. The van der Waals surface area contributed by atoms with Gasteiger partial charge in [-0.1, -0.05) is 18.5 Å². The molecule has 1 aromatic heterocycles. The highest BCUT2D eigenvalue weighted by molar-refractivity contribution is 6.32. The molecular formula is C12H14ClNO. The van der Waals surface area contributed by atoms with Gasteiger partial charge in [-0.2, -0.15) is 0 Å². The summed E-state index contributed by atoms with van der Waals surface area (Å²) in [4.78, 5) is 0. The topological polar surface area (TPSA) is 39.2 Å². The second kappa shape index (κ2) is 4.25. The number of nitrogens with two attached hydrogens (primary N) is 1. The minimum Gasteiger partial charge on any atom is -0.464 e. The van der Waals surface area contributed by atoms with E-state index in [0.717, 1.165) is 28.0 Å². The number of benzene rings is 1. The number of furan rings is 1. The van der Waals surface area contributed by atoms with Crippen LogP contribution in [-0.4, -0.2) is 6.54 Å². The fraction of sp³-hybridized carbons (Fsp3) is 0.333. The first-order valence-electron chi connectivity index (χ1n) is 5.09. The van der Waals surface area contributed by atoms with Crippen LogP contribution in [0.5, 0.6) is 0 Å². The van der Waals surface area contributed by atoms with E-state index < -0.39 is 0 Å². The van der Waals surface area contributed by atoms with Gasteiger partial charge in [0.15, 0.2) is 0 Å². The molecule has 0 spiro atoms. The molecule has 3 heteroatoms. The van der Waals surface area contributed by atoms with Gasteiger partial charge in [0.1, 0.15) is 5.58 Å². The van der Waals surface area contributed by atoms with Gasteiger partial charge in [-0.15, -0.1) is 0 Å². The van der Waals surface area contributed by atoms with Crippen molar-refractivity contribution in [2.75, 3.05) is 6.54 Å². The molecule has 0 saturated heterocycles. The Balaban J connectivity index is 2.55. The second-order valence-corrected chi connectivity index (χ2v) is 4.18. The first kappa shape index (κ1) is 10.5. The lowest BCUT2D eigenvalue weighted by molar-refractivity contribution is 0.615. The van der Waals surface area contributed by atoms with Crippen molar-refractivity contribution in [1.82, 2.24) is 0 Å². The number of fused-ring (bicyclic) bond motifs is 1. The van der Waals surface area contributed by atoms with Gasteiger partial charge in [-0.3, -0.25) is 0 Å². The van der Waals surface area contributed by atoms with E-state index in [-0.39, 0.29) is 0 Å². The zero-order valence-corrected chi connectivity index (χ0v) is 9.42. The predicted octanol–water partition coefficient (Wildman–Crippen LogP) is 3.54. The summed E-state index contributed by atoms with van der Waals surface area (Å²) < 4.78 is 5.35. The van der Waals surface area contributed by atoms with Gasteiger partial charge in [0, 0.05) is 10.4 Å². The lowest BCUT2D eigenvalue weighted by atomic mass is 9.95. The molecule has 1 aromatic carbocycles. The molecule has 2 N–H and O–H groups in total. The molecule has 0 saturated carbocycles. The van der Waals surface area contributed by atoms with Gasteiger partial charge >= 0.3 is 0 Å². The van der Waals surface area contributed by atoms with E-state index in [1.807, 2.05) is 18.2 Å². The van der Waals surface area contributed by atoms with Crippen molar-refractivity contribution in [2.45, 2.75) is 19.3 Å². The van der Waals surface area contributed by atoms with Crippen LogP contribution in [0, 0.1) is 0 Å². The molecule has 2 aromatic rings. The number of hydrogen-bond donors (Lipinski definition) is 1. The summed E-state index contributed by atoms with van der Waals surface area (Å²) in [6.07, 6.45) is 2.63. The normalized spacial score (nSPS) is 13.3. The number of rotatable bonds is 3. The molecule has 1 heterocycles. The van der Waals surface area contributed by atoms with Gasteiger partial charge in [0.05, 0.1) is 6.26 Å². The third-order valence-electron chi connectivity index (χ3n) is 2.72. The van der Waals surface area contributed by atoms with Crippen LogP contribution < -0.4 is 5.73 Å². The third-order valence-corrected chi connectivity index (χ3v) is 3.05. The highest BCUT2D eigenvalue weighted by atomic mass is 35.5. The lowest BCUT2D eigenvalue weighted by Gasteiger charge is -2.13. The van der Waals surface area contributed by atoms with Crippen molar-refractivity contribution in [3.8, 4) is 0 Å². The summed E-state index contributed by atoms with van der Waals surface area (Å²) in [5.74, 6) is 0.365. The van der Waals surface area contributed by atoms with Gasteiger partial charge in [-0.25, -0.2) is 0 Å². The summed E-state index contributed by atoms with van der Waals surface area (Å²) in [5.41, 5.74) is 7.60. The third kappa shape index (κ3) is 1.87. The molecule has 0 radical (unpaired) electrons. The summed E-state index contributed by atoms with van der Waals surface area (Å²) >= 11 is 6.21. The smallest absolute Gasteiger partial charge is 0.134 e. The molecular weight excluding hydrogens is 210 g/mol. The van der Waals surface area contributed by atoms with Crippen molar-refractivity contribution in [3.05, 3.63) is 35.0 Å². The van der Waals surface area contributed by atoms with Crippen molar-refractivity contribution < 1.29 is 4.42 Å². The first-order chi connectivity index (χ1) is 7.24. The monoisotopic (exact) mass is 223 g/mol. The van der Waals surface area contributed by atoms with Crippen LogP contribution in [0.2, 0.25) is 5.02 Å². The Morgan fingerprint density at radius 1 is 1.40 bits per heavy atom. The minimum absolute atomic E-state index is 0.365. The van der Waals surface area contributed by atoms with Crippen LogP contribution >= 0.6 is 11.6 Å². The van der Waals surface area contributed by atoms with Gasteiger partial charge in [0.25, 0.3) is 0 Å². The van der Waals surface area contributed by atoms with Gasteiger partial charge < -0.3 is 10.2 Å². The van der Waals surface area contributed by atoms with Crippen molar-refractivity contribution >= 4 is 22.6 Å². The first-order valence-corrected chi connectivity index (χ1v) is 5.47. The SMILES string of the molecule is CC(CCN)c1c(Cl)ccc2occc12. The molecule has 2 rings (SSSR count). The summed E-state index contributed by atoms with van der Waals surface area (Å²) in [6.45, 7) is 2.81. The molecule has 0 fully saturated rings. The molecule has 0 bridgehead atoms. The summed E-state index contributed by atoms with van der Waals surface area (Å²) in [6, 6.07) is 5.75. The minimum atomic E-state index is 0.365. The van der Waals surface area contributed by atoms with Crippen LogP contribution in [0.15, 0.2) is 28.9 Å². The highest BCUT2D eigenvalue weighted by Gasteiger charge is 2.14. The zero-order valence-electron chi connectivity index (χ0n) is 8.66. The molecule has 0 aliphatic rings. The lowest BCUT2D eigenvalue weighted by Crippen LogP contribution is -2.05. The molecule has 0 amide bonds. The summed E-state index contributed by atoms with van der Waals surface area (Å²) in [5, 5.41) is 1.90. The van der Waals surface area contributed by atoms with E-state index >= 15 is 0 Å². The molecule has 2 nitrogen and oxygen atoms in total. The molecule has 0 aliphatic carbocycles. The van der Waals surface area contributed by atoms with Gasteiger partial charge in [0.2, 0.25) is 0 Å². The maximum Gasteiger partial charge on any atom is 0.134 e. The highest BCUT2D eigenvalue weighted by Crippen LogP contribution is 2.34. The van der Waals surface area contributed by atoms with E-state index in [2.05, 4.69) is 6.92 Å². The standard InChI is InChI=1S/C12H14ClNO/c1-8(4-6-14)12-9-5-7-15-11(9)3-2-10(12)13/h2-3,5,7-8H,4,6,14H2,1H3. The quantitative estimate of drug-likeness (QED) is 0.865. The van der Waals surface area contributed by atoms with Crippen LogP contribution in [0.1, 0.15) is 24.8 Å². The van der Waals surface area contributed by atoms with E-state index in [1.54, 1.807) is 6.26 Å². The van der Waals surface area contributed by atoms with Crippen LogP contribution in [0.3, 0.4) is 0 Å². The Kier molecular flexibility index (Phi) is 2.98. The maximum atomic E-state index is 6.21. The molecule has 0 aliphatic heterocycles. The van der Waals surface area contributed by atoms with Crippen LogP contribution in [0.4, 0.5) is 0 Å². The van der Waals surface area contributed by atoms with Crippen molar-refractivity contribution in [3.63, 3.8) is 0 Å². The molecule has 15 heavy (non-hydrogen) atoms. The second-order valence-electron chi connectivity index (χ2n) is 3.77. The van der Waals surface area contributed by atoms with E-state index in [9.17, 15) is 0 Å². The van der Waals surface area contributed by atoms with E-state index in [1.165, 1.54) is 0 Å². The fourth-order valence-electron chi connectivity index (χ4n) is 1.94. The van der Waals surface area contributed by atoms with Crippen LogP contribution in [0.25, 0.3) is 11.0 Å². The molecule has 1 atom stereocenters. The van der Waals surface area contributed by atoms with E-state index in [4.69, 9.17) is 21.8 Å². The fourth-order valence-corrected chi connectivity index (χ4v) is 2.29. The average molecular weight is 224 g/mol. The largest absolute Gasteiger partial charge is 0.464 e. The number of hydrogen-bond acceptors (Lipinski definition) is 2.